The summed E-state index contributed by atoms with van der Waals surface area (Å²) in [6.07, 6.45) is 2.11. The molecular weight excluding hydrogens is 302 g/mol. The smallest absolute Gasteiger partial charge is 0.174 e. The van der Waals surface area contributed by atoms with E-state index >= 15 is 0 Å². The molecule has 0 aliphatic rings. The molecule has 0 saturated heterocycles. The average Bonchev–Trinajstić information content (AvgIpc) is 2.34. The quantitative estimate of drug-likeness (QED) is 0.783. The van der Waals surface area contributed by atoms with Crippen LogP contribution in [0.25, 0.3) is 0 Å². The lowest BCUT2D eigenvalue weighted by molar-refractivity contribution is 0.352. The summed E-state index contributed by atoms with van der Waals surface area (Å²) < 4.78 is 11.5. The second kappa shape index (κ2) is 7.84. The molecule has 0 spiro atoms. The molecule has 1 aromatic carbocycles. The lowest BCUT2D eigenvalue weighted by Crippen LogP contribution is -2.16. The van der Waals surface area contributed by atoms with Gasteiger partial charge >= 0.3 is 0 Å². The number of rotatable bonds is 7. The van der Waals surface area contributed by atoms with Crippen LogP contribution in [0.4, 0.5) is 0 Å². The van der Waals surface area contributed by atoms with E-state index in [0.717, 1.165) is 34.8 Å². The number of ether oxygens (including phenoxy) is 2. The van der Waals surface area contributed by atoms with Gasteiger partial charge in [-0.15, -0.1) is 0 Å². The lowest BCUT2D eigenvalue weighted by atomic mass is 10.2. The number of benzene rings is 1. The van der Waals surface area contributed by atoms with Crippen molar-refractivity contribution in [3.8, 4) is 11.5 Å². The highest BCUT2D eigenvalue weighted by molar-refractivity contribution is 9.10. The summed E-state index contributed by atoms with van der Waals surface area (Å²) in [5, 5.41) is 3.38. The minimum Gasteiger partial charge on any atom is -0.493 e. The molecule has 0 unspecified atom stereocenters. The Hall–Kier alpha value is -0.390. The first-order valence-electron chi connectivity index (χ1n) is 5.33. The Bertz CT molecular complexity index is 361. The van der Waals surface area contributed by atoms with Crippen molar-refractivity contribution in [3.05, 3.63) is 22.2 Å². The second-order valence-electron chi connectivity index (χ2n) is 3.48. The minimum absolute atomic E-state index is 0.736. The van der Waals surface area contributed by atoms with E-state index < -0.39 is 0 Å². The number of halogens is 1. The van der Waals surface area contributed by atoms with Crippen molar-refractivity contribution in [2.45, 2.75) is 6.54 Å². The van der Waals surface area contributed by atoms with Gasteiger partial charge in [0.1, 0.15) is 0 Å². The topological polar surface area (TPSA) is 30.5 Å². The Morgan fingerprint density at radius 2 is 2.06 bits per heavy atom. The maximum absolute atomic E-state index is 5.30. The molecule has 0 radical (unpaired) electrons. The number of hydrogen-bond donors (Lipinski definition) is 1. The predicted molar refractivity (Wildman–Crippen MR) is 77.3 cm³/mol. The maximum Gasteiger partial charge on any atom is 0.174 e. The van der Waals surface area contributed by atoms with Gasteiger partial charge in [-0.3, -0.25) is 0 Å². The first kappa shape index (κ1) is 14.7. The Kier molecular flexibility index (Phi) is 6.77. The first-order chi connectivity index (χ1) is 8.22. The van der Waals surface area contributed by atoms with Crippen LogP contribution >= 0.6 is 27.7 Å². The van der Waals surface area contributed by atoms with Gasteiger partial charge in [-0.1, -0.05) is 0 Å². The van der Waals surface area contributed by atoms with E-state index in [-0.39, 0.29) is 0 Å². The van der Waals surface area contributed by atoms with Crippen LogP contribution in [-0.4, -0.2) is 32.8 Å². The van der Waals surface area contributed by atoms with Gasteiger partial charge in [-0.25, -0.2) is 0 Å². The van der Waals surface area contributed by atoms with E-state index in [9.17, 15) is 0 Å². The van der Waals surface area contributed by atoms with Crippen molar-refractivity contribution in [1.82, 2.24) is 5.32 Å². The van der Waals surface area contributed by atoms with Crippen molar-refractivity contribution in [2.24, 2.45) is 0 Å². The molecule has 0 aliphatic carbocycles. The van der Waals surface area contributed by atoms with Gasteiger partial charge in [0.15, 0.2) is 11.5 Å². The number of hydrogen-bond acceptors (Lipinski definition) is 4. The SMILES string of the molecule is COc1cc(CNCCSC)cc(Br)c1OC. The summed E-state index contributed by atoms with van der Waals surface area (Å²) in [5.74, 6) is 2.61. The summed E-state index contributed by atoms with van der Waals surface area (Å²) in [5.41, 5.74) is 1.18. The molecule has 0 amide bonds. The molecular formula is C12H18BrNO2S. The van der Waals surface area contributed by atoms with Gasteiger partial charge in [-0.2, -0.15) is 11.8 Å². The van der Waals surface area contributed by atoms with Crippen LogP contribution in [0.15, 0.2) is 16.6 Å². The average molecular weight is 320 g/mol. The summed E-state index contributed by atoms with van der Waals surface area (Å²) in [6, 6.07) is 4.04. The summed E-state index contributed by atoms with van der Waals surface area (Å²) >= 11 is 5.32. The Balaban J connectivity index is 2.70. The molecule has 1 N–H and O–H groups in total. The third-order valence-electron chi connectivity index (χ3n) is 2.31. The van der Waals surface area contributed by atoms with Gasteiger partial charge in [0.05, 0.1) is 18.7 Å². The highest BCUT2D eigenvalue weighted by atomic mass is 79.9. The number of nitrogens with one attached hydrogen (secondary N) is 1. The molecule has 0 aliphatic heterocycles. The van der Waals surface area contributed by atoms with Gasteiger partial charge in [-0.05, 0) is 39.9 Å². The molecule has 17 heavy (non-hydrogen) atoms. The Morgan fingerprint density at radius 3 is 2.65 bits per heavy atom. The standard InChI is InChI=1S/C12H18BrNO2S/c1-15-11-7-9(8-14-4-5-17-3)6-10(13)12(11)16-2/h6-7,14H,4-5,8H2,1-3H3. The molecule has 0 bridgehead atoms. The fourth-order valence-electron chi connectivity index (χ4n) is 1.48. The fraction of sp³-hybridized carbons (Fsp3) is 0.500. The highest BCUT2D eigenvalue weighted by Crippen LogP contribution is 2.36. The van der Waals surface area contributed by atoms with Crippen LogP contribution in [0.3, 0.4) is 0 Å². The lowest BCUT2D eigenvalue weighted by Gasteiger charge is -2.12. The van der Waals surface area contributed by atoms with Gasteiger partial charge < -0.3 is 14.8 Å². The molecule has 3 nitrogen and oxygen atoms in total. The zero-order valence-electron chi connectivity index (χ0n) is 10.4. The first-order valence-corrected chi connectivity index (χ1v) is 7.51. The zero-order chi connectivity index (χ0) is 12.7. The molecule has 0 fully saturated rings. The third-order valence-corrected chi connectivity index (χ3v) is 3.51. The van der Waals surface area contributed by atoms with Crippen LogP contribution in [0.5, 0.6) is 11.5 Å². The Labute approximate surface area is 115 Å². The summed E-state index contributed by atoms with van der Waals surface area (Å²) in [4.78, 5) is 0. The molecule has 1 aromatic rings. The monoisotopic (exact) mass is 319 g/mol. The van der Waals surface area contributed by atoms with E-state index in [1.807, 2.05) is 23.9 Å². The van der Waals surface area contributed by atoms with Gasteiger partial charge in [0.25, 0.3) is 0 Å². The van der Waals surface area contributed by atoms with Crippen LogP contribution in [0.2, 0.25) is 0 Å². The molecule has 5 heteroatoms. The molecule has 96 valence electrons. The molecule has 0 heterocycles. The molecule has 0 saturated carbocycles. The van der Waals surface area contributed by atoms with Gasteiger partial charge in [0, 0.05) is 18.8 Å². The van der Waals surface area contributed by atoms with Crippen molar-refractivity contribution in [2.75, 3.05) is 32.8 Å². The normalized spacial score (nSPS) is 10.4. The van der Waals surface area contributed by atoms with Crippen molar-refractivity contribution < 1.29 is 9.47 Å². The number of methoxy groups -OCH3 is 2. The zero-order valence-corrected chi connectivity index (χ0v) is 12.8. The predicted octanol–water partition coefficient (Wildman–Crippen LogP) is 2.92. The van der Waals surface area contributed by atoms with Crippen LogP contribution < -0.4 is 14.8 Å². The molecule has 1 rings (SSSR count). The minimum atomic E-state index is 0.736. The van der Waals surface area contributed by atoms with E-state index in [1.54, 1.807) is 14.2 Å². The van der Waals surface area contributed by atoms with Crippen LogP contribution in [0, 0.1) is 0 Å². The van der Waals surface area contributed by atoms with E-state index in [1.165, 1.54) is 5.56 Å². The van der Waals surface area contributed by atoms with Crippen molar-refractivity contribution >= 4 is 27.7 Å². The van der Waals surface area contributed by atoms with Crippen molar-refractivity contribution in [1.29, 1.82) is 0 Å². The Morgan fingerprint density at radius 1 is 1.29 bits per heavy atom. The maximum atomic E-state index is 5.30. The largest absolute Gasteiger partial charge is 0.493 e. The van der Waals surface area contributed by atoms with Crippen LogP contribution in [0.1, 0.15) is 5.56 Å². The summed E-state index contributed by atoms with van der Waals surface area (Å²) in [6.45, 7) is 1.84. The molecule has 0 atom stereocenters. The second-order valence-corrected chi connectivity index (χ2v) is 5.32. The van der Waals surface area contributed by atoms with E-state index in [0.29, 0.717) is 0 Å². The third kappa shape index (κ3) is 4.41. The van der Waals surface area contributed by atoms with Crippen molar-refractivity contribution in [3.63, 3.8) is 0 Å². The highest BCUT2D eigenvalue weighted by Gasteiger charge is 2.09. The van der Waals surface area contributed by atoms with Gasteiger partial charge in [0.2, 0.25) is 0 Å². The molecule has 0 aromatic heterocycles. The fourth-order valence-corrected chi connectivity index (χ4v) is 2.48. The van der Waals surface area contributed by atoms with Crippen LogP contribution in [-0.2, 0) is 6.54 Å². The number of thioether (sulfide) groups is 1. The van der Waals surface area contributed by atoms with E-state index in [2.05, 4.69) is 27.5 Å². The van der Waals surface area contributed by atoms with E-state index in [4.69, 9.17) is 9.47 Å². The summed E-state index contributed by atoms with van der Waals surface area (Å²) in [7, 11) is 3.29.